The Morgan fingerprint density at radius 3 is 2.82 bits per heavy atom. The van der Waals surface area contributed by atoms with Crippen molar-refractivity contribution in [2.75, 3.05) is 12.8 Å². The predicted molar refractivity (Wildman–Crippen MR) is 67.2 cm³/mol. The molecule has 4 nitrogen and oxygen atoms in total. The third kappa shape index (κ3) is 1.80. The highest BCUT2D eigenvalue weighted by Crippen LogP contribution is 2.30. The van der Waals surface area contributed by atoms with Crippen molar-refractivity contribution in [1.29, 1.82) is 0 Å². The Kier molecular flexibility index (Phi) is 2.90. The molecule has 0 aliphatic carbocycles. The van der Waals surface area contributed by atoms with Gasteiger partial charge in [0.25, 0.3) is 0 Å². The summed E-state index contributed by atoms with van der Waals surface area (Å²) in [6.45, 7) is 1.88. The lowest BCUT2D eigenvalue weighted by molar-refractivity contribution is 0.0601. The third-order valence-electron chi connectivity index (χ3n) is 2.62. The number of aromatic nitrogens is 1. The van der Waals surface area contributed by atoms with Crippen LogP contribution in [0.3, 0.4) is 0 Å². The average molecular weight is 251 g/mol. The zero-order chi connectivity index (χ0) is 12.6. The minimum atomic E-state index is -0.506. The van der Waals surface area contributed by atoms with E-state index in [4.69, 9.17) is 17.3 Å². The molecule has 0 radical (unpaired) electrons. The van der Waals surface area contributed by atoms with Crippen LogP contribution in [0.1, 0.15) is 15.9 Å². The molecule has 0 amide bonds. The molecule has 0 fully saturated rings. The van der Waals surface area contributed by atoms with Crippen molar-refractivity contribution in [2.24, 2.45) is 0 Å². The van der Waals surface area contributed by atoms with Crippen LogP contribution in [0, 0.1) is 6.92 Å². The second-order valence-electron chi connectivity index (χ2n) is 3.67. The summed E-state index contributed by atoms with van der Waals surface area (Å²) >= 11 is 6.13. The fraction of sp³-hybridized carbons (Fsp3) is 0.167. The van der Waals surface area contributed by atoms with Crippen molar-refractivity contribution in [3.05, 3.63) is 34.5 Å². The van der Waals surface area contributed by atoms with E-state index in [2.05, 4.69) is 9.72 Å². The summed E-state index contributed by atoms with van der Waals surface area (Å²) < 4.78 is 4.63. The van der Waals surface area contributed by atoms with Crippen LogP contribution in [0.25, 0.3) is 10.9 Å². The fourth-order valence-electron chi connectivity index (χ4n) is 1.63. The van der Waals surface area contributed by atoms with E-state index in [1.54, 1.807) is 6.07 Å². The van der Waals surface area contributed by atoms with Gasteiger partial charge in [-0.25, -0.2) is 4.79 Å². The molecule has 0 unspecified atom stereocenters. The van der Waals surface area contributed by atoms with Crippen LogP contribution in [-0.4, -0.2) is 18.1 Å². The maximum atomic E-state index is 11.5. The van der Waals surface area contributed by atoms with E-state index in [9.17, 15) is 4.79 Å². The summed E-state index contributed by atoms with van der Waals surface area (Å²) in [7, 11) is 1.30. The molecule has 5 heteroatoms. The van der Waals surface area contributed by atoms with Crippen molar-refractivity contribution in [3.8, 4) is 0 Å². The van der Waals surface area contributed by atoms with Gasteiger partial charge in [-0.2, -0.15) is 0 Å². The standard InChI is InChI=1S/C12H11ClN2O2/c1-6-3-4-7-10(14)8(12(16)17-2)5-15-11(7)9(6)13/h3-5H,1-2H3,(H2,14,15). The first-order valence-corrected chi connectivity index (χ1v) is 5.35. The first-order valence-electron chi connectivity index (χ1n) is 4.98. The lowest BCUT2D eigenvalue weighted by atomic mass is 10.1. The molecule has 0 spiro atoms. The van der Waals surface area contributed by atoms with Crippen LogP contribution >= 0.6 is 11.6 Å². The van der Waals surface area contributed by atoms with Gasteiger partial charge in [0.05, 0.1) is 23.3 Å². The van der Waals surface area contributed by atoms with E-state index >= 15 is 0 Å². The number of nitrogen functional groups attached to an aromatic ring is 1. The van der Waals surface area contributed by atoms with Gasteiger partial charge in [-0.05, 0) is 12.5 Å². The van der Waals surface area contributed by atoms with Gasteiger partial charge in [-0.1, -0.05) is 23.7 Å². The number of halogens is 1. The summed E-state index contributed by atoms with van der Waals surface area (Å²) in [6.07, 6.45) is 1.38. The molecular weight excluding hydrogens is 240 g/mol. The normalized spacial score (nSPS) is 10.5. The number of benzene rings is 1. The molecule has 0 saturated carbocycles. The lowest BCUT2D eigenvalue weighted by Crippen LogP contribution is -2.07. The third-order valence-corrected chi connectivity index (χ3v) is 3.09. The first kappa shape index (κ1) is 11.7. The Bertz CT molecular complexity index is 611. The van der Waals surface area contributed by atoms with Crippen molar-refractivity contribution < 1.29 is 9.53 Å². The molecular formula is C12H11ClN2O2. The van der Waals surface area contributed by atoms with Gasteiger partial charge in [-0.15, -0.1) is 0 Å². The van der Waals surface area contributed by atoms with E-state index in [0.717, 1.165) is 5.56 Å². The molecule has 88 valence electrons. The zero-order valence-corrected chi connectivity index (χ0v) is 10.2. The Morgan fingerprint density at radius 1 is 1.47 bits per heavy atom. The number of aryl methyl sites for hydroxylation is 1. The molecule has 2 aromatic rings. The maximum Gasteiger partial charge on any atom is 0.341 e. The minimum Gasteiger partial charge on any atom is -0.465 e. The molecule has 1 heterocycles. The number of nitrogens with zero attached hydrogens (tertiary/aromatic N) is 1. The summed E-state index contributed by atoms with van der Waals surface area (Å²) in [6, 6.07) is 3.63. The largest absolute Gasteiger partial charge is 0.465 e. The summed E-state index contributed by atoms with van der Waals surface area (Å²) in [5.41, 5.74) is 8.01. The van der Waals surface area contributed by atoms with Gasteiger partial charge >= 0.3 is 5.97 Å². The summed E-state index contributed by atoms with van der Waals surface area (Å²) in [4.78, 5) is 15.6. The van der Waals surface area contributed by atoms with Gasteiger partial charge in [0, 0.05) is 11.6 Å². The number of fused-ring (bicyclic) bond motifs is 1. The van der Waals surface area contributed by atoms with Gasteiger partial charge in [0.1, 0.15) is 5.56 Å². The van der Waals surface area contributed by atoms with E-state index in [1.807, 2.05) is 13.0 Å². The molecule has 0 bridgehead atoms. The van der Waals surface area contributed by atoms with Gasteiger partial charge in [0.2, 0.25) is 0 Å². The highest BCUT2D eigenvalue weighted by atomic mass is 35.5. The second-order valence-corrected chi connectivity index (χ2v) is 4.05. The number of carbonyl (C=O) groups is 1. The van der Waals surface area contributed by atoms with Crippen LogP contribution < -0.4 is 5.73 Å². The van der Waals surface area contributed by atoms with Crippen molar-refractivity contribution in [1.82, 2.24) is 4.98 Å². The highest BCUT2D eigenvalue weighted by molar-refractivity contribution is 6.36. The number of rotatable bonds is 1. The maximum absolute atomic E-state index is 11.5. The number of ether oxygens (including phenoxy) is 1. The van der Waals surface area contributed by atoms with Gasteiger partial charge in [-0.3, -0.25) is 4.98 Å². The average Bonchev–Trinajstić information content (AvgIpc) is 2.33. The molecule has 17 heavy (non-hydrogen) atoms. The van der Waals surface area contributed by atoms with Crippen LogP contribution in [0.4, 0.5) is 5.69 Å². The number of anilines is 1. The Labute approximate surface area is 103 Å². The minimum absolute atomic E-state index is 0.250. The Hall–Kier alpha value is -1.81. The number of carbonyl (C=O) groups excluding carboxylic acids is 1. The van der Waals surface area contributed by atoms with Crippen molar-refractivity contribution >= 4 is 34.2 Å². The number of esters is 1. The predicted octanol–water partition coefficient (Wildman–Crippen LogP) is 2.57. The van der Waals surface area contributed by atoms with Crippen LogP contribution in [0.5, 0.6) is 0 Å². The molecule has 1 aromatic carbocycles. The Morgan fingerprint density at radius 2 is 2.18 bits per heavy atom. The van der Waals surface area contributed by atoms with Gasteiger partial charge < -0.3 is 10.5 Å². The summed E-state index contributed by atoms with van der Waals surface area (Å²) in [5.74, 6) is -0.506. The van der Waals surface area contributed by atoms with E-state index in [0.29, 0.717) is 21.6 Å². The molecule has 0 saturated heterocycles. The quantitative estimate of drug-likeness (QED) is 0.790. The van der Waals surface area contributed by atoms with E-state index in [-0.39, 0.29) is 5.56 Å². The van der Waals surface area contributed by atoms with E-state index in [1.165, 1.54) is 13.3 Å². The smallest absolute Gasteiger partial charge is 0.341 e. The van der Waals surface area contributed by atoms with Crippen LogP contribution in [0.15, 0.2) is 18.3 Å². The number of methoxy groups -OCH3 is 1. The summed E-state index contributed by atoms with van der Waals surface area (Å²) in [5, 5.41) is 1.20. The number of nitrogens with two attached hydrogens (primary N) is 1. The number of pyridine rings is 1. The molecule has 2 rings (SSSR count). The SMILES string of the molecule is COC(=O)c1cnc2c(Cl)c(C)ccc2c1N. The first-order chi connectivity index (χ1) is 8.06. The van der Waals surface area contributed by atoms with Crippen LogP contribution in [-0.2, 0) is 4.74 Å². The fourth-order valence-corrected chi connectivity index (χ4v) is 1.84. The number of hydrogen-bond acceptors (Lipinski definition) is 4. The van der Waals surface area contributed by atoms with Crippen molar-refractivity contribution in [3.63, 3.8) is 0 Å². The topological polar surface area (TPSA) is 65.2 Å². The second kappa shape index (κ2) is 4.22. The monoisotopic (exact) mass is 250 g/mol. The number of hydrogen-bond donors (Lipinski definition) is 1. The lowest BCUT2D eigenvalue weighted by Gasteiger charge is -2.08. The molecule has 2 N–H and O–H groups in total. The molecule has 0 atom stereocenters. The molecule has 0 aliphatic rings. The highest BCUT2D eigenvalue weighted by Gasteiger charge is 2.15. The Balaban J connectivity index is 2.77. The van der Waals surface area contributed by atoms with Gasteiger partial charge in [0.15, 0.2) is 0 Å². The molecule has 0 aliphatic heterocycles. The molecule has 1 aromatic heterocycles. The van der Waals surface area contributed by atoms with Crippen molar-refractivity contribution in [2.45, 2.75) is 6.92 Å². The van der Waals surface area contributed by atoms with Crippen LogP contribution in [0.2, 0.25) is 5.02 Å². The zero-order valence-electron chi connectivity index (χ0n) is 9.45. The van der Waals surface area contributed by atoms with E-state index < -0.39 is 5.97 Å².